The minimum atomic E-state index is -0.463. The summed E-state index contributed by atoms with van der Waals surface area (Å²) >= 11 is 0. The predicted molar refractivity (Wildman–Crippen MR) is 192 cm³/mol. The van der Waals surface area contributed by atoms with Crippen molar-refractivity contribution < 1.29 is 23.7 Å². The van der Waals surface area contributed by atoms with E-state index in [1.165, 1.54) is 83.5 Å². The van der Waals surface area contributed by atoms with Crippen LogP contribution in [0.2, 0.25) is 0 Å². The number of nitrogens with zero attached hydrogens (tertiary/aromatic N) is 6. The van der Waals surface area contributed by atoms with Gasteiger partial charge in [0.05, 0.1) is 38.5 Å². The van der Waals surface area contributed by atoms with Crippen LogP contribution in [0.4, 0.5) is 0 Å². The van der Waals surface area contributed by atoms with Crippen molar-refractivity contribution in [2.75, 3.05) is 32.9 Å². The van der Waals surface area contributed by atoms with E-state index in [0.717, 1.165) is 6.42 Å². The Kier molecular flexibility index (Phi) is 22.5. The third-order valence-electron chi connectivity index (χ3n) is 11.3. The van der Waals surface area contributed by atoms with E-state index in [0.29, 0.717) is 31.7 Å². The molecule has 48 heavy (non-hydrogen) atoms. The van der Waals surface area contributed by atoms with Gasteiger partial charge in [-0.15, -0.1) is 0 Å². The Balaban J connectivity index is 1.83. The van der Waals surface area contributed by atoms with Gasteiger partial charge in [-0.05, 0) is 41.2 Å². The maximum Gasteiger partial charge on any atom is 0.161 e. The summed E-state index contributed by atoms with van der Waals surface area (Å²) in [7, 11) is 0. The van der Waals surface area contributed by atoms with Gasteiger partial charge in [-0.1, -0.05) is 142 Å². The Morgan fingerprint density at radius 3 is 1.48 bits per heavy atom. The highest BCUT2D eigenvalue weighted by atomic mass is 16.7. The molecule has 0 aromatic heterocycles. The molecule has 2 saturated heterocycles. The Hall–Kier alpha value is -1.58. The Morgan fingerprint density at radius 2 is 1.00 bits per heavy atom. The number of rotatable bonds is 26. The van der Waals surface area contributed by atoms with Gasteiger partial charge in [0.1, 0.15) is 6.10 Å². The van der Waals surface area contributed by atoms with Gasteiger partial charge in [0.15, 0.2) is 12.6 Å². The van der Waals surface area contributed by atoms with E-state index >= 15 is 0 Å². The van der Waals surface area contributed by atoms with Gasteiger partial charge in [-0.25, -0.2) is 0 Å². The van der Waals surface area contributed by atoms with Gasteiger partial charge >= 0.3 is 0 Å². The number of ether oxygens (including phenoxy) is 5. The van der Waals surface area contributed by atoms with Crippen LogP contribution in [0.3, 0.4) is 0 Å². The molecule has 11 nitrogen and oxygen atoms in total. The zero-order chi connectivity index (χ0) is 35.1. The van der Waals surface area contributed by atoms with Crippen LogP contribution in [0.5, 0.6) is 0 Å². The highest BCUT2D eigenvalue weighted by molar-refractivity contribution is 4.86. The van der Waals surface area contributed by atoms with Crippen LogP contribution >= 0.6 is 0 Å². The van der Waals surface area contributed by atoms with Crippen molar-refractivity contribution in [1.29, 1.82) is 0 Å². The second kappa shape index (κ2) is 25.4. The molecular formula is C37H70N6O5. The number of azide groups is 2. The van der Waals surface area contributed by atoms with Crippen LogP contribution in [0.15, 0.2) is 10.2 Å². The van der Waals surface area contributed by atoms with Crippen molar-refractivity contribution in [2.45, 2.75) is 169 Å². The van der Waals surface area contributed by atoms with Gasteiger partial charge in [-0.3, -0.25) is 0 Å². The summed E-state index contributed by atoms with van der Waals surface area (Å²) in [5.41, 5.74) is 17.8. The molecule has 0 aromatic rings. The standard InChI is InChI=1S/C37H70N6O5/c1-8-9-10-11-12-13-14-15-16-17-18-19-20-21-22-44-25-33(46-37-32(7)28(3)30(5)35(48-37)24-41-43-39)26-45-36-31(6)27(2)29(4)34(47-36)23-40-42-38/h27-37H,8-26H2,1-7H3/t27-,28-,29-,30-,31?,32?,33?,34?,35?,36+,37+/m0/s1. The zero-order valence-electron chi connectivity index (χ0n) is 31.5. The Labute approximate surface area is 292 Å². The summed E-state index contributed by atoms with van der Waals surface area (Å²) in [6.45, 7) is 17.2. The second-order valence-corrected chi connectivity index (χ2v) is 14.8. The van der Waals surface area contributed by atoms with Crippen molar-refractivity contribution in [2.24, 2.45) is 45.7 Å². The van der Waals surface area contributed by atoms with Gasteiger partial charge in [0.2, 0.25) is 0 Å². The minimum absolute atomic E-state index is 0.148. The molecule has 2 heterocycles. The van der Waals surface area contributed by atoms with Crippen molar-refractivity contribution in [1.82, 2.24) is 0 Å². The lowest BCUT2D eigenvalue weighted by Crippen LogP contribution is -2.50. The van der Waals surface area contributed by atoms with Gasteiger partial charge in [0.25, 0.3) is 0 Å². The third-order valence-corrected chi connectivity index (χ3v) is 11.3. The first-order valence-corrected chi connectivity index (χ1v) is 19.4. The van der Waals surface area contributed by atoms with Crippen LogP contribution in [-0.4, -0.2) is 63.8 Å². The summed E-state index contributed by atoms with van der Waals surface area (Å²) in [5, 5.41) is 7.57. The lowest BCUT2D eigenvalue weighted by atomic mass is 9.79. The maximum absolute atomic E-state index is 8.90. The molecule has 0 spiro atoms. The molecule has 0 radical (unpaired) electrons. The second-order valence-electron chi connectivity index (χ2n) is 14.8. The first-order chi connectivity index (χ1) is 23.2. The van der Waals surface area contributed by atoms with Gasteiger partial charge in [0, 0.05) is 28.3 Å². The molecule has 11 heteroatoms. The van der Waals surface area contributed by atoms with E-state index in [1.54, 1.807) is 0 Å². The van der Waals surface area contributed by atoms with E-state index in [9.17, 15) is 0 Å². The maximum atomic E-state index is 8.90. The molecule has 0 bridgehead atoms. The summed E-state index contributed by atoms with van der Waals surface area (Å²) < 4.78 is 31.9. The van der Waals surface area contributed by atoms with Crippen LogP contribution in [0.1, 0.15) is 138 Å². The lowest BCUT2D eigenvalue weighted by Gasteiger charge is -2.45. The number of unbranched alkanes of at least 4 members (excludes halogenated alkanes) is 13. The van der Waals surface area contributed by atoms with Crippen molar-refractivity contribution >= 4 is 0 Å². The van der Waals surface area contributed by atoms with Crippen molar-refractivity contribution in [3.8, 4) is 0 Å². The largest absolute Gasteiger partial charge is 0.379 e. The van der Waals surface area contributed by atoms with E-state index in [-0.39, 0.29) is 55.1 Å². The first-order valence-electron chi connectivity index (χ1n) is 19.4. The SMILES string of the molecule is CCCCCCCCCCCCCCCCOCC(CO[C@@H]1OC(CN=[N+]=[N-])[C@@H](C)[C@H](C)C1C)O[C@@H]1OC(CN=[N+]=[N-])[C@@H](C)[C@H](C)C1C. The van der Waals surface area contributed by atoms with Crippen molar-refractivity contribution in [3.05, 3.63) is 20.9 Å². The Bertz CT molecular complexity index is 932. The monoisotopic (exact) mass is 679 g/mol. The van der Waals surface area contributed by atoms with Gasteiger partial charge in [-0.2, -0.15) is 0 Å². The topological polar surface area (TPSA) is 144 Å². The van der Waals surface area contributed by atoms with Crippen LogP contribution in [0, 0.1) is 35.5 Å². The summed E-state index contributed by atoms with van der Waals surface area (Å²) in [5.74, 6) is 1.46. The fourth-order valence-electron chi connectivity index (χ4n) is 7.10. The smallest absolute Gasteiger partial charge is 0.161 e. The fourth-order valence-corrected chi connectivity index (χ4v) is 7.10. The van der Waals surface area contributed by atoms with Crippen LogP contribution in [0.25, 0.3) is 20.9 Å². The normalized spacial score (nSPS) is 31.1. The van der Waals surface area contributed by atoms with Crippen LogP contribution < -0.4 is 0 Å². The molecule has 0 aromatic carbocycles. The average Bonchev–Trinajstić information content (AvgIpc) is 3.09. The van der Waals surface area contributed by atoms with E-state index < -0.39 is 12.6 Å². The molecule has 2 aliphatic rings. The quantitative estimate of drug-likeness (QED) is 0.0387. The molecule has 0 saturated carbocycles. The molecule has 5 unspecified atom stereocenters. The molecule has 11 atom stereocenters. The molecule has 278 valence electrons. The molecule has 0 aliphatic carbocycles. The number of hydrogen-bond donors (Lipinski definition) is 0. The molecule has 2 aliphatic heterocycles. The predicted octanol–water partition coefficient (Wildman–Crippen LogP) is 10.8. The number of hydrogen-bond acceptors (Lipinski definition) is 7. The summed E-state index contributed by atoms with van der Waals surface area (Å²) in [4.78, 5) is 5.88. The fraction of sp³-hybridized carbons (Fsp3) is 1.00. The first kappa shape index (κ1) is 42.6. The minimum Gasteiger partial charge on any atom is -0.379 e. The third kappa shape index (κ3) is 15.5. The Morgan fingerprint density at radius 1 is 0.562 bits per heavy atom. The van der Waals surface area contributed by atoms with E-state index in [4.69, 9.17) is 34.7 Å². The van der Waals surface area contributed by atoms with Crippen LogP contribution in [-0.2, 0) is 23.7 Å². The molecule has 2 rings (SSSR count). The highest BCUT2D eigenvalue weighted by Gasteiger charge is 2.42. The molecule has 2 fully saturated rings. The van der Waals surface area contributed by atoms with E-state index in [2.05, 4.69) is 68.5 Å². The lowest BCUT2D eigenvalue weighted by molar-refractivity contribution is -0.290. The highest BCUT2D eigenvalue weighted by Crippen LogP contribution is 2.38. The average molecular weight is 679 g/mol. The van der Waals surface area contributed by atoms with E-state index in [1.807, 2.05) is 0 Å². The summed E-state index contributed by atoms with van der Waals surface area (Å²) in [6, 6.07) is 0. The molecular weight excluding hydrogens is 608 g/mol. The summed E-state index contributed by atoms with van der Waals surface area (Å²) in [6.07, 6.45) is 16.9. The zero-order valence-corrected chi connectivity index (χ0v) is 31.5. The molecule has 0 amide bonds. The van der Waals surface area contributed by atoms with Gasteiger partial charge < -0.3 is 23.7 Å². The molecule has 0 N–H and O–H groups in total. The van der Waals surface area contributed by atoms with Crippen molar-refractivity contribution in [3.63, 3.8) is 0 Å².